The number of esters is 1. The molecule has 0 aliphatic heterocycles. The summed E-state index contributed by atoms with van der Waals surface area (Å²) in [6.45, 7) is 0. The van der Waals surface area contributed by atoms with E-state index in [0.717, 1.165) is 23.5 Å². The van der Waals surface area contributed by atoms with Gasteiger partial charge in [0.15, 0.2) is 0 Å². The molecule has 0 radical (unpaired) electrons. The van der Waals surface area contributed by atoms with E-state index in [-0.39, 0.29) is 5.97 Å². The van der Waals surface area contributed by atoms with Gasteiger partial charge in [0, 0.05) is 17.7 Å². The quantitative estimate of drug-likeness (QED) is 0.473. The third kappa shape index (κ3) is 5.51. The highest BCUT2D eigenvalue weighted by Gasteiger charge is 2.00. The van der Waals surface area contributed by atoms with E-state index in [4.69, 9.17) is 18.0 Å². The van der Waals surface area contributed by atoms with Gasteiger partial charge in [0.25, 0.3) is 0 Å². The number of rotatable bonds is 7. The van der Waals surface area contributed by atoms with Crippen molar-refractivity contribution in [1.29, 1.82) is 0 Å². The monoisotopic (exact) mass is 283 g/mol. The van der Waals surface area contributed by atoms with Crippen LogP contribution in [0.1, 0.15) is 24.0 Å². The Balaban J connectivity index is 2.23. The van der Waals surface area contributed by atoms with Crippen molar-refractivity contribution in [2.75, 3.05) is 12.9 Å². The smallest absolute Gasteiger partial charge is 0.305 e. The molecule has 18 heavy (non-hydrogen) atoms. The molecule has 98 valence electrons. The zero-order valence-electron chi connectivity index (χ0n) is 10.3. The Labute approximate surface area is 117 Å². The largest absolute Gasteiger partial charge is 0.469 e. The fourth-order valence-electron chi connectivity index (χ4n) is 1.38. The van der Waals surface area contributed by atoms with Gasteiger partial charge in [-0.15, -0.1) is 0 Å². The van der Waals surface area contributed by atoms with Crippen LogP contribution >= 0.6 is 24.0 Å². The molecule has 1 aromatic carbocycles. The molecule has 1 aromatic rings. The van der Waals surface area contributed by atoms with Crippen molar-refractivity contribution in [3.63, 3.8) is 0 Å². The summed E-state index contributed by atoms with van der Waals surface area (Å²) in [6, 6.07) is 7.93. The van der Waals surface area contributed by atoms with Gasteiger partial charge in [0.2, 0.25) is 0 Å². The summed E-state index contributed by atoms with van der Waals surface area (Å²) < 4.78 is 4.58. The number of hydrogen-bond acceptors (Lipinski definition) is 4. The van der Waals surface area contributed by atoms with Crippen LogP contribution in [0, 0.1) is 0 Å². The molecule has 0 atom stereocenters. The molecule has 0 heterocycles. The minimum Gasteiger partial charge on any atom is -0.469 e. The number of carbonyl (C=O) groups excluding carboxylic acids is 1. The molecule has 3 nitrogen and oxygen atoms in total. The highest BCUT2D eigenvalue weighted by atomic mass is 32.2. The molecule has 0 aromatic heterocycles. The predicted octanol–water partition coefficient (Wildman–Crippen LogP) is 2.51. The first-order chi connectivity index (χ1) is 8.63. The fraction of sp³-hybridized carbons (Fsp3) is 0.385. The van der Waals surface area contributed by atoms with Crippen LogP contribution in [0.3, 0.4) is 0 Å². The number of hydrogen-bond donors (Lipinski definition) is 1. The van der Waals surface area contributed by atoms with Gasteiger partial charge in [-0.25, -0.2) is 0 Å². The number of benzene rings is 1. The molecule has 0 unspecified atom stereocenters. The van der Waals surface area contributed by atoms with E-state index in [0.29, 0.717) is 11.4 Å². The Morgan fingerprint density at radius 1 is 1.39 bits per heavy atom. The predicted molar refractivity (Wildman–Crippen MR) is 79.7 cm³/mol. The minimum absolute atomic E-state index is 0.142. The fourth-order valence-corrected chi connectivity index (χ4v) is 2.43. The zero-order valence-corrected chi connectivity index (χ0v) is 12.0. The second-order valence-corrected chi connectivity index (χ2v) is 5.34. The van der Waals surface area contributed by atoms with Crippen molar-refractivity contribution in [2.45, 2.75) is 18.6 Å². The Kier molecular flexibility index (Phi) is 6.75. The topological polar surface area (TPSA) is 52.3 Å². The van der Waals surface area contributed by atoms with Crippen molar-refractivity contribution < 1.29 is 9.53 Å². The first-order valence-electron chi connectivity index (χ1n) is 5.67. The van der Waals surface area contributed by atoms with Crippen LogP contribution in [0.15, 0.2) is 24.3 Å². The standard InChI is InChI=1S/C13H17NO2S2/c1-16-12(15)3-2-8-18-9-10-4-6-11(7-5-10)13(14)17/h4-7H,2-3,8-9H2,1H3,(H2,14,17). The molecule has 2 N–H and O–H groups in total. The van der Waals surface area contributed by atoms with Gasteiger partial charge < -0.3 is 10.5 Å². The summed E-state index contributed by atoms with van der Waals surface area (Å²) in [5, 5.41) is 0. The Morgan fingerprint density at radius 3 is 2.61 bits per heavy atom. The Bertz CT molecular complexity index is 404. The van der Waals surface area contributed by atoms with Gasteiger partial charge >= 0.3 is 5.97 Å². The van der Waals surface area contributed by atoms with Crippen molar-refractivity contribution in [3.8, 4) is 0 Å². The Hall–Kier alpha value is -1.07. The summed E-state index contributed by atoms with van der Waals surface area (Å²) in [5.41, 5.74) is 7.65. The van der Waals surface area contributed by atoms with E-state index >= 15 is 0 Å². The summed E-state index contributed by atoms with van der Waals surface area (Å²) in [5.74, 6) is 1.74. The molecule has 0 bridgehead atoms. The Morgan fingerprint density at radius 2 is 2.06 bits per heavy atom. The maximum Gasteiger partial charge on any atom is 0.305 e. The van der Waals surface area contributed by atoms with Crippen molar-refractivity contribution in [2.24, 2.45) is 5.73 Å². The van der Waals surface area contributed by atoms with Gasteiger partial charge in [-0.1, -0.05) is 36.5 Å². The molecule has 5 heteroatoms. The molecule has 0 spiro atoms. The summed E-state index contributed by atoms with van der Waals surface area (Å²) >= 11 is 6.69. The highest BCUT2D eigenvalue weighted by molar-refractivity contribution is 7.98. The van der Waals surface area contributed by atoms with Gasteiger partial charge in [-0.05, 0) is 17.7 Å². The molecule has 0 saturated heterocycles. The molecule has 0 aliphatic carbocycles. The van der Waals surface area contributed by atoms with Crippen molar-refractivity contribution in [1.82, 2.24) is 0 Å². The average Bonchev–Trinajstić information content (AvgIpc) is 2.38. The second-order valence-electron chi connectivity index (χ2n) is 3.79. The molecule has 0 fully saturated rings. The average molecular weight is 283 g/mol. The van der Waals surface area contributed by atoms with Crippen LogP contribution in [0.25, 0.3) is 0 Å². The summed E-state index contributed by atoms with van der Waals surface area (Å²) in [7, 11) is 1.42. The maximum atomic E-state index is 10.9. The SMILES string of the molecule is COC(=O)CCCSCc1ccc(C(N)=S)cc1. The van der Waals surface area contributed by atoms with Crippen molar-refractivity contribution in [3.05, 3.63) is 35.4 Å². The van der Waals surface area contributed by atoms with E-state index in [9.17, 15) is 4.79 Å². The number of nitrogens with two attached hydrogens (primary N) is 1. The summed E-state index contributed by atoms with van der Waals surface area (Å²) in [4.78, 5) is 11.3. The lowest BCUT2D eigenvalue weighted by atomic mass is 10.1. The highest BCUT2D eigenvalue weighted by Crippen LogP contribution is 2.14. The van der Waals surface area contributed by atoms with E-state index < -0.39 is 0 Å². The number of methoxy groups -OCH3 is 1. The lowest BCUT2D eigenvalue weighted by molar-refractivity contribution is -0.140. The van der Waals surface area contributed by atoms with Crippen LogP contribution in [0.5, 0.6) is 0 Å². The van der Waals surface area contributed by atoms with E-state index in [1.54, 1.807) is 11.8 Å². The first-order valence-corrected chi connectivity index (χ1v) is 7.23. The number of thioether (sulfide) groups is 1. The third-order valence-electron chi connectivity index (χ3n) is 2.40. The normalized spacial score (nSPS) is 10.1. The number of ether oxygens (including phenoxy) is 1. The van der Waals surface area contributed by atoms with Crippen LogP contribution in [0.2, 0.25) is 0 Å². The van der Waals surface area contributed by atoms with E-state index in [2.05, 4.69) is 4.74 Å². The summed E-state index contributed by atoms with van der Waals surface area (Å²) in [6.07, 6.45) is 1.34. The minimum atomic E-state index is -0.142. The molecular weight excluding hydrogens is 266 g/mol. The van der Waals surface area contributed by atoms with Crippen LogP contribution in [-0.2, 0) is 15.3 Å². The van der Waals surface area contributed by atoms with E-state index in [1.807, 2.05) is 24.3 Å². The lowest BCUT2D eigenvalue weighted by Crippen LogP contribution is -2.08. The first kappa shape index (κ1) is 15.0. The molecular formula is C13H17NO2S2. The molecule has 0 aliphatic rings. The zero-order chi connectivity index (χ0) is 13.4. The van der Waals surface area contributed by atoms with Gasteiger partial charge in [-0.3, -0.25) is 4.79 Å². The van der Waals surface area contributed by atoms with Crippen LogP contribution in [0.4, 0.5) is 0 Å². The second kappa shape index (κ2) is 8.11. The van der Waals surface area contributed by atoms with Gasteiger partial charge in [-0.2, -0.15) is 11.8 Å². The van der Waals surface area contributed by atoms with Crippen LogP contribution < -0.4 is 5.73 Å². The molecule has 0 saturated carbocycles. The van der Waals surface area contributed by atoms with Crippen molar-refractivity contribution >= 4 is 34.9 Å². The van der Waals surface area contributed by atoms with Crippen LogP contribution in [-0.4, -0.2) is 23.8 Å². The molecule has 0 amide bonds. The maximum absolute atomic E-state index is 10.9. The van der Waals surface area contributed by atoms with Gasteiger partial charge in [0.1, 0.15) is 4.99 Å². The van der Waals surface area contributed by atoms with E-state index in [1.165, 1.54) is 12.7 Å². The molecule has 1 rings (SSSR count). The number of carbonyl (C=O) groups is 1. The lowest BCUT2D eigenvalue weighted by Gasteiger charge is -2.03. The van der Waals surface area contributed by atoms with Gasteiger partial charge in [0.05, 0.1) is 7.11 Å². The number of thiocarbonyl (C=S) groups is 1. The third-order valence-corrected chi connectivity index (χ3v) is 3.75.